The van der Waals surface area contributed by atoms with Crippen LogP contribution < -0.4 is 10.5 Å². The summed E-state index contributed by atoms with van der Waals surface area (Å²) in [7, 11) is 0. The molecule has 9 nitrogen and oxygen atoms in total. The van der Waals surface area contributed by atoms with Gasteiger partial charge in [-0.1, -0.05) is 54.6 Å². The van der Waals surface area contributed by atoms with Crippen LogP contribution in [0.15, 0.2) is 66.7 Å². The number of nitrogens with one attached hydrogen (secondary N) is 1. The summed E-state index contributed by atoms with van der Waals surface area (Å²) in [6.45, 7) is 0.584. The molecular formula is C25H25N5O4. The van der Waals surface area contributed by atoms with E-state index in [0.717, 1.165) is 11.1 Å². The fourth-order valence-electron chi connectivity index (χ4n) is 4.05. The van der Waals surface area contributed by atoms with E-state index in [0.29, 0.717) is 30.1 Å². The molecule has 1 aliphatic rings. The van der Waals surface area contributed by atoms with Crippen molar-refractivity contribution in [1.29, 1.82) is 5.41 Å². The highest BCUT2D eigenvalue weighted by Gasteiger charge is 2.40. The molecule has 2 atom stereocenters. The molecule has 0 spiro atoms. The molecule has 0 unspecified atom stereocenters. The largest absolute Gasteiger partial charge is 0.481 e. The molecule has 34 heavy (non-hydrogen) atoms. The number of likely N-dealkylation sites (tertiary alicyclic amines) is 1. The van der Waals surface area contributed by atoms with Crippen LogP contribution in [0.5, 0.6) is 5.88 Å². The number of amidine groups is 1. The average Bonchev–Trinajstić information content (AvgIpc) is 3.12. The summed E-state index contributed by atoms with van der Waals surface area (Å²) >= 11 is 0. The molecule has 2 heterocycles. The van der Waals surface area contributed by atoms with E-state index in [9.17, 15) is 14.7 Å². The van der Waals surface area contributed by atoms with Crippen molar-refractivity contribution in [3.05, 3.63) is 77.9 Å². The molecule has 1 fully saturated rings. The molecule has 4 rings (SSSR count). The van der Waals surface area contributed by atoms with Gasteiger partial charge < -0.3 is 20.5 Å². The Bertz CT molecular complexity index is 1170. The van der Waals surface area contributed by atoms with Crippen molar-refractivity contribution in [1.82, 2.24) is 15.1 Å². The van der Waals surface area contributed by atoms with E-state index in [2.05, 4.69) is 10.2 Å². The summed E-state index contributed by atoms with van der Waals surface area (Å²) in [5.74, 6) is -1.41. The molecule has 9 heteroatoms. The van der Waals surface area contributed by atoms with Crippen LogP contribution in [0.1, 0.15) is 24.0 Å². The number of hydrogen-bond acceptors (Lipinski definition) is 6. The molecule has 1 aromatic heterocycles. The van der Waals surface area contributed by atoms with Crippen LogP contribution in [0.4, 0.5) is 0 Å². The molecule has 0 saturated carbocycles. The molecule has 174 valence electrons. The van der Waals surface area contributed by atoms with E-state index in [1.54, 1.807) is 29.2 Å². The Morgan fingerprint density at radius 2 is 1.82 bits per heavy atom. The van der Waals surface area contributed by atoms with Gasteiger partial charge in [0, 0.05) is 23.7 Å². The normalized spacial score (nSPS) is 17.5. The molecule has 1 aliphatic heterocycles. The van der Waals surface area contributed by atoms with Gasteiger partial charge in [-0.15, -0.1) is 10.2 Å². The summed E-state index contributed by atoms with van der Waals surface area (Å²) in [5.41, 5.74) is 8.56. The molecule has 1 saturated heterocycles. The molecule has 3 aromatic rings. The molecule has 1 amide bonds. The maximum Gasteiger partial charge on any atom is 0.304 e. The number of rotatable bonds is 9. The predicted molar refractivity (Wildman–Crippen MR) is 125 cm³/mol. The lowest BCUT2D eigenvalue weighted by Crippen LogP contribution is -2.37. The number of ether oxygens (including phenoxy) is 1. The van der Waals surface area contributed by atoms with Crippen molar-refractivity contribution < 1.29 is 19.4 Å². The molecule has 4 N–H and O–H groups in total. The highest BCUT2D eigenvalue weighted by atomic mass is 16.5. The van der Waals surface area contributed by atoms with Gasteiger partial charge in [0.2, 0.25) is 11.8 Å². The molecule has 2 aromatic carbocycles. The minimum Gasteiger partial charge on any atom is -0.481 e. The van der Waals surface area contributed by atoms with E-state index in [1.165, 1.54) is 0 Å². The first-order chi connectivity index (χ1) is 16.4. The number of carboxylic acids is 1. The first-order valence-corrected chi connectivity index (χ1v) is 10.9. The second-order valence-corrected chi connectivity index (χ2v) is 8.19. The van der Waals surface area contributed by atoms with Crippen molar-refractivity contribution >= 4 is 17.7 Å². The zero-order valence-electron chi connectivity index (χ0n) is 18.4. The van der Waals surface area contributed by atoms with Crippen LogP contribution in [0.2, 0.25) is 0 Å². The van der Waals surface area contributed by atoms with Gasteiger partial charge in [-0.25, -0.2) is 0 Å². The molecule has 0 aliphatic carbocycles. The standard InChI is InChI=1S/C25H25N5O4/c26-24(27)18-8-6-17(7-9-18)21-10-11-22(29-28-21)34-15-20-12-19(13-23(31)32)25(33)30(20)14-16-4-2-1-3-5-16/h1-11,19-20H,12-15H2,(H3,26,27)(H,31,32)/t19-,20-/m0/s1. The molecule has 0 radical (unpaired) electrons. The van der Waals surface area contributed by atoms with Gasteiger partial charge in [0.25, 0.3) is 0 Å². The van der Waals surface area contributed by atoms with E-state index in [4.69, 9.17) is 15.9 Å². The summed E-state index contributed by atoms with van der Waals surface area (Å²) in [6.07, 6.45) is 0.212. The van der Waals surface area contributed by atoms with Gasteiger partial charge in [-0.05, 0) is 18.1 Å². The number of carbonyl (C=O) groups excluding carboxylic acids is 1. The number of aromatic nitrogens is 2. The Balaban J connectivity index is 1.43. The van der Waals surface area contributed by atoms with Crippen molar-refractivity contribution in [2.75, 3.05) is 6.61 Å². The third kappa shape index (κ3) is 5.37. The number of amides is 1. The number of carboxylic acid groups (broad SMARTS) is 1. The van der Waals surface area contributed by atoms with Gasteiger partial charge in [-0.3, -0.25) is 15.0 Å². The van der Waals surface area contributed by atoms with Crippen LogP contribution in [-0.2, 0) is 16.1 Å². The van der Waals surface area contributed by atoms with Crippen LogP contribution in [0, 0.1) is 11.3 Å². The zero-order valence-corrected chi connectivity index (χ0v) is 18.4. The lowest BCUT2D eigenvalue weighted by molar-refractivity contribution is -0.142. The van der Waals surface area contributed by atoms with Gasteiger partial charge >= 0.3 is 5.97 Å². The second kappa shape index (κ2) is 10.1. The van der Waals surface area contributed by atoms with Gasteiger partial charge in [-0.2, -0.15) is 0 Å². The fourth-order valence-corrected chi connectivity index (χ4v) is 4.05. The maximum absolute atomic E-state index is 12.9. The number of aliphatic carboxylic acids is 1. The van der Waals surface area contributed by atoms with Crippen molar-refractivity contribution in [3.8, 4) is 17.1 Å². The van der Waals surface area contributed by atoms with Crippen LogP contribution >= 0.6 is 0 Å². The van der Waals surface area contributed by atoms with Gasteiger partial charge in [0.1, 0.15) is 12.4 Å². The zero-order chi connectivity index (χ0) is 24.1. The number of benzene rings is 2. The SMILES string of the molecule is N=C(N)c1ccc(-c2ccc(OC[C@@H]3C[C@@H](CC(=O)O)C(=O)N3Cc3ccccc3)nn2)cc1. The summed E-state index contributed by atoms with van der Waals surface area (Å²) in [4.78, 5) is 25.8. The summed E-state index contributed by atoms with van der Waals surface area (Å²) in [5, 5.41) is 25.0. The number of hydrogen-bond donors (Lipinski definition) is 3. The van der Waals surface area contributed by atoms with Crippen LogP contribution in [-0.4, -0.2) is 50.6 Å². The second-order valence-electron chi connectivity index (χ2n) is 8.19. The maximum atomic E-state index is 12.9. The number of nitrogens with zero attached hydrogens (tertiary/aromatic N) is 3. The molecular weight excluding hydrogens is 434 g/mol. The summed E-state index contributed by atoms with van der Waals surface area (Å²) in [6, 6.07) is 19.9. The topological polar surface area (TPSA) is 142 Å². The Kier molecular flexibility index (Phi) is 6.82. The third-order valence-corrected chi connectivity index (χ3v) is 5.80. The lowest BCUT2D eigenvalue weighted by atomic mass is 10.0. The highest BCUT2D eigenvalue weighted by molar-refractivity contribution is 5.95. The van der Waals surface area contributed by atoms with Crippen molar-refractivity contribution in [3.63, 3.8) is 0 Å². The predicted octanol–water partition coefficient (Wildman–Crippen LogP) is 2.70. The first kappa shape index (κ1) is 22.9. The number of nitrogen functional groups attached to an aromatic ring is 1. The first-order valence-electron chi connectivity index (χ1n) is 10.9. The highest BCUT2D eigenvalue weighted by Crippen LogP contribution is 2.29. The van der Waals surface area contributed by atoms with Crippen molar-refractivity contribution in [2.24, 2.45) is 11.7 Å². The summed E-state index contributed by atoms with van der Waals surface area (Å²) < 4.78 is 5.84. The Morgan fingerprint density at radius 3 is 2.44 bits per heavy atom. The van der Waals surface area contributed by atoms with Gasteiger partial charge in [0.15, 0.2) is 0 Å². The van der Waals surface area contributed by atoms with Gasteiger partial charge in [0.05, 0.1) is 24.1 Å². The van der Waals surface area contributed by atoms with E-state index >= 15 is 0 Å². The lowest BCUT2D eigenvalue weighted by Gasteiger charge is -2.24. The van der Waals surface area contributed by atoms with Crippen LogP contribution in [0.25, 0.3) is 11.3 Å². The van der Waals surface area contributed by atoms with E-state index < -0.39 is 11.9 Å². The number of nitrogens with two attached hydrogens (primary N) is 1. The van der Waals surface area contributed by atoms with E-state index in [1.807, 2.05) is 42.5 Å². The molecule has 0 bridgehead atoms. The third-order valence-electron chi connectivity index (χ3n) is 5.80. The smallest absolute Gasteiger partial charge is 0.304 e. The number of carbonyl (C=O) groups is 2. The Hall–Kier alpha value is -4.27. The van der Waals surface area contributed by atoms with Crippen LogP contribution in [0.3, 0.4) is 0 Å². The van der Waals surface area contributed by atoms with E-state index in [-0.39, 0.29) is 30.8 Å². The minimum absolute atomic E-state index is 0.00122. The Labute approximate surface area is 196 Å². The minimum atomic E-state index is -0.989. The average molecular weight is 460 g/mol. The monoisotopic (exact) mass is 459 g/mol. The quantitative estimate of drug-likeness (QED) is 0.330. The Morgan fingerprint density at radius 1 is 1.09 bits per heavy atom. The van der Waals surface area contributed by atoms with Crippen molar-refractivity contribution in [2.45, 2.75) is 25.4 Å². The fraction of sp³-hybridized carbons (Fsp3) is 0.240.